The zero-order chi connectivity index (χ0) is 15.6. The predicted octanol–water partition coefficient (Wildman–Crippen LogP) is 3.06. The summed E-state index contributed by atoms with van der Waals surface area (Å²) in [6.07, 6.45) is 0. The zero-order valence-corrected chi connectivity index (χ0v) is 14.7. The molecule has 21 heavy (non-hydrogen) atoms. The van der Waals surface area contributed by atoms with Crippen LogP contribution in [-0.2, 0) is 15.9 Å². The van der Waals surface area contributed by atoms with Crippen molar-refractivity contribution in [2.45, 2.75) is 17.7 Å². The fourth-order valence-electron chi connectivity index (χ4n) is 2.32. The second kappa shape index (κ2) is 7.02. The Balaban J connectivity index is 2.33. The van der Waals surface area contributed by atoms with Crippen LogP contribution < -0.4 is 0 Å². The van der Waals surface area contributed by atoms with Gasteiger partial charge in [-0.15, -0.1) is 11.6 Å². The van der Waals surface area contributed by atoms with Crippen molar-refractivity contribution in [1.82, 2.24) is 9.21 Å². The topological polar surface area (TPSA) is 40.6 Å². The summed E-state index contributed by atoms with van der Waals surface area (Å²) in [5.74, 6) is 0.0740. The number of benzene rings is 1. The Kier molecular flexibility index (Phi) is 5.79. The molecule has 4 nitrogen and oxygen atoms in total. The molecule has 1 aromatic rings. The Morgan fingerprint density at radius 1 is 1.14 bits per heavy atom. The standard InChI is InChI=1S/C13H17Cl3N2O2S/c1-2-17-5-7-18(8-6-17)21(19,20)12-4-3-11(15)10(9-14)13(12)16/h3-4H,2,5-9H2,1H3. The fourth-order valence-corrected chi connectivity index (χ4v) is 5.05. The van der Waals surface area contributed by atoms with E-state index in [1.165, 1.54) is 16.4 Å². The van der Waals surface area contributed by atoms with Gasteiger partial charge in [0.05, 0.1) is 10.9 Å². The summed E-state index contributed by atoms with van der Waals surface area (Å²) in [5, 5.41) is 0.500. The summed E-state index contributed by atoms with van der Waals surface area (Å²) in [6.45, 7) is 5.36. The quantitative estimate of drug-likeness (QED) is 0.764. The van der Waals surface area contributed by atoms with Gasteiger partial charge in [0.25, 0.3) is 0 Å². The van der Waals surface area contributed by atoms with Crippen LogP contribution in [-0.4, -0.2) is 50.3 Å². The minimum atomic E-state index is -3.62. The number of hydrogen-bond acceptors (Lipinski definition) is 3. The van der Waals surface area contributed by atoms with Gasteiger partial charge in [0.2, 0.25) is 10.0 Å². The van der Waals surface area contributed by atoms with Gasteiger partial charge in [0.15, 0.2) is 0 Å². The molecule has 118 valence electrons. The molecular weight excluding hydrogens is 355 g/mol. The molecule has 0 amide bonds. The number of likely N-dealkylation sites (N-methyl/N-ethyl adjacent to an activating group) is 1. The van der Waals surface area contributed by atoms with Crippen LogP contribution in [0.1, 0.15) is 12.5 Å². The molecule has 0 N–H and O–H groups in total. The van der Waals surface area contributed by atoms with Crippen LogP contribution in [0.5, 0.6) is 0 Å². The molecule has 0 atom stereocenters. The minimum Gasteiger partial charge on any atom is -0.301 e. The normalized spacial score (nSPS) is 18.1. The van der Waals surface area contributed by atoms with E-state index in [4.69, 9.17) is 34.8 Å². The smallest absolute Gasteiger partial charge is 0.244 e. The van der Waals surface area contributed by atoms with E-state index in [1.807, 2.05) is 0 Å². The summed E-state index contributed by atoms with van der Waals surface area (Å²) in [5.41, 5.74) is 0.452. The number of halogens is 3. The van der Waals surface area contributed by atoms with E-state index in [2.05, 4.69) is 11.8 Å². The highest BCUT2D eigenvalue weighted by molar-refractivity contribution is 7.89. The molecule has 1 aromatic carbocycles. The van der Waals surface area contributed by atoms with Crippen LogP contribution in [0.25, 0.3) is 0 Å². The molecule has 1 fully saturated rings. The Morgan fingerprint density at radius 3 is 2.29 bits per heavy atom. The molecule has 0 aliphatic carbocycles. The van der Waals surface area contributed by atoms with Crippen LogP contribution in [0.2, 0.25) is 10.0 Å². The van der Waals surface area contributed by atoms with E-state index in [1.54, 1.807) is 0 Å². The number of nitrogens with zero attached hydrogens (tertiary/aromatic N) is 2. The summed E-state index contributed by atoms with van der Waals surface area (Å²) in [4.78, 5) is 2.29. The van der Waals surface area contributed by atoms with Gasteiger partial charge in [-0.25, -0.2) is 8.42 Å². The van der Waals surface area contributed by atoms with Gasteiger partial charge < -0.3 is 4.90 Å². The van der Waals surface area contributed by atoms with Crippen LogP contribution in [0.15, 0.2) is 17.0 Å². The number of hydrogen-bond donors (Lipinski definition) is 0. The molecule has 0 bridgehead atoms. The summed E-state index contributed by atoms with van der Waals surface area (Å²) in [7, 11) is -3.62. The molecule has 0 unspecified atom stereocenters. The first kappa shape index (κ1) is 17.3. The fraction of sp³-hybridized carbons (Fsp3) is 0.538. The number of alkyl halides is 1. The van der Waals surface area contributed by atoms with Crippen molar-refractivity contribution in [2.24, 2.45) is 0 Å². The van der Waals surface area contributed by atoms with Crippen LogP contribution in [0.4, 0.5) is 0 Å². The van der Waals surface area contributed by atoms with E-state index in [0.717, 1.165) is 19.6 Å². The monoisotopic (exact) mass is 370 g/mol. The van der Waals surface area contributed by atoms with Crippen molar-refractivity contribution >= 4 is 44.8 Å². The summed E-state index contributed by atoms with van der Waals surface area (Å²) >= 11 is 18.0. The lowest BCUT2D eigenvalue weighted by Gasteiger charge is -2.33. The molecule has 0 radical (unpaired) electrons. The molecule has 1 aliphatic heterocycles. The lowest BCUT2D eigenvalue weighted by atomic mass is 10.2. The third-order valence-electron chi connectivity index (χ3n) is 3.68. The van der Waals surface area contributed by atoms with Crippen LogP contribution in [0, 0.1) is 0 Å². The SMILES string of the molecule is CCN1CCN(S(=O)(=O)c2ccc(Cl)c(CCl)c2Cl)CC1. The van der Waals surface area contributed by atoms with Gasteiger partial charge in [-0.2, -0.15) is 4.31 Å². The van der Waals surface area contributed by atoms with E-state index < -0.39 is 10.0 Å². The third-order valence-corrected chi connectivity index (χ3v) is 6.79. The van der Waals surface area contributed by atoms with Crippen molar-refractivity contribution in [3.05, 3.63) is 27.7 Å². The Bertz CT molecular complexity index is 614. The van der Waals surface area contributed by atoms with Gasteiger partial charge in [0, 0.05) is 36.8 Å². The maximum Gasteiger partial charge on any atom is 0.244 e. The maximum absolute atomic E-state index is 12.7. The average molecular weight is 372 g/mol. The molecule has 8 heteroatoms. The van der Waals surface area contributed by atoms with Gasteiger partial charge in [-0.05, 0) is 18.7 Å². The first-order valence-corrected chi connectivity index (χ1v) is 9.40. The first-order chi connectivity index (χ1) is 9.91. The molecule has 1 heterocycles. The molecular formula is C13H17Cl3N2O2S. The van der Waals surface area contributed by atoms with E-state index in [0.29, 0.717) is 23.7 Å². The second-order valence-electron chi connectivity index (χ2n) is 4.81. The Hall–Kier alpha value is -0.0400. The van der Waals surface area contributed by atoms with Crippen LogP contribution >= 0.6 is 34.8 Å². The summed E-state index contributed by atoms with van der Waals surface area (Å²) in [6, 6.07) is 2.97. The van der Waals surface area contributed by atoms with Gasteiger partial charge in [0.1, 0.15) is 4.90 Å². The Morgan fingerprint density at radius 2 is 1.76 bits per heavy atom. The molecule has 0 aromatic heterocycles. The molecule has 0 spiro atoms. The number of sulfonamides is 1. The third kappa shape index (κ3) is 3.49. The molecule has 2 rings (SSSR count). The highest BCUT2D eigenvalue weighted by Gasteiger charge is 2.30. The molecule has 1 saturated heterocycles. The van der Waals surface area contributed by atoms with E-state index in [-0.39, 0.29) is 15.8 Å². The largest absolute Gasteiger partial charge is 0.301 e. The van der Waals surface area contributed by atoms with Crippen molar-refractivity contribution in [1.29, 1.82) is 0 Å². The van der Waals surface area contributed by atoms with Crippen LogP contribution in [0.3, 0.4) is 0 Å². The van der Waals surface area contributed by atoms with Crippen molar-refractivity contribution in [3.8, 4) is 0 Å². The predicted molar refractivity (Wildman–Crippen MR) is 86.9 cm³/mol. The highest BCUT2D eigenvalue weighted by Crippen LogP contribution is 2.33. The van der Waals surface area contributed by atoms with E-state index >= 15 is 0 Å². The van der Waals surface area contributed by atoms with Gasteiger partial charge in [-0.1, -0.05) is 30.1 Å². The number of rotatable bonds is 4. The van der Waals surface area contributed by atoms with Crippen molar-refractivity contribution in [2.75, 3.05) is 32.7 Å². The highest BCUT2D eigenvalue weighted by atomic mass is 35.5. The van der Waals surface area contributed by atoms with Crippen molar-refractivity contribution in [3.63, 3.8) is 0 Å². The molecule has 1 aliphatic rings. The van der Waals surface area contributed by atoms with Gasteiger partial charge >= 0.3 is 0 Å². The lowest BCUT2D eigenvalue weighted by Crippen LogP contribution is -2.48. The van der Waals surface area contributed by atoms with E-state index in [9.17, 15) is 8.42 Å². The zero-order valence-electron chi connectivity index (χ0n) is 11.7. The Labute approximate surface area is 140 Å². The maximum atomic E-state index is 12.7. The minimum absolute atomic E-state index is 0.0740. The lowest BCUT2D eigenvalue weighted by molar-refractivity contribution is 0.196. The average Bonchev–Trinajstić information content (AvgIpc) is 2.47. The molecule has 0 saturated carbocycles. The number of piperazine rings is 1. The first-order valence-electron chi connectivity index (χ1n) is 6.67. The van der Waals surface area contributed by atoms with Gasteiger partial charge in [-0.3, -0.25) is 0 Å². The summed E-state index contributed by atoms with van der Waals surface area (Å²) < 4.78 is 26.9. The van der Waals surface area contributed by atoms with Crippen molar-refractivity contribution < 1.29 is 8.42 Å². The second-order valence-corrected chi connectivity index (χ2v) is 7.77.